The van der Waals surface area contributed by atoms with Gasteiger partial charge < -0.3 is 14.5 Å². The molecule has 0 saturated carbocycles. The Morgan fingerprint density at radius 3 is 2.15 bits per heavy atom. The van der Waals surface area contributed by atoms with Gasteiger partial charge in [-0.25, -0.2) is 0 Å². The summed E-state index contributed by atoms with van der Waals surface area (Å²) in [7, 11) is 0. The van der Waals surface area contributed by atoms with Crippen LogP contribution in [0.15, 0.2) is 47.8 Å². The third-order valence-corrected chi connectivity index (χ3v) is 5.41. The second-order valence-corrected chi connectivity index (χ2v) is 7.28. The Morgan fingerprint density at radius 2 is 1.54 bits per heavy atom. The van der Waals surface area contributed by atoms with Crippen molar-refractivity contribution < 1.29 is 14.3 Å². The topological polar surface area (TPSA) is 49.9 Å². The highest BCUT2D eigenvalue weighted by molar-refractivity contribution is 7.09. The fourth-order valence-corrected chi connectivity index (χ4v) is 3.69. The van der Waals surface area contributed by atoms with Crippen molar-refractivity contribution in [1.82, 2.24) is 9.80 Å². The molecule has 0 aliphatic carbocycles. The third kappa shape index (κ3) is 5.33. The van der Waals surface area contributed by atoms with Crippen molar-refractivity contribution in [1.29, 1.82) is 0 Å². The van der Waals surface area contributed by atoms with Crippen LogP contribution in [-0.2, 0) is 16.0 Å². The first-order valence-electron chi connectivity index (χ1n) is 8.98. The lowest BCUT2D eigenvalue weighted by Gasteiger charge is -2.35. The average molecular weight is 372 g/mol. The molecule has 0 unspecified atom stereocenters. The molecular weight excluding hydrogens is 348 g/mol. The lowest BCUT2D eigenvalue weighted by Crippen LogP contribution is -2.50. The fourth-order valence-electron chi connectivity index (χ4n) is 2.98. The smallest absolute Gasteiger partial charge is 0.226 e. The number of ether oxygens (including phenoxy) is 1. The second-order valence-electron chi connectivity index (χ2n) is 6.25. The second kappa shape index (κ2) is 9.38. The van der Waals surface area contributed by atoms with E-state index in [1.54, 1.807) is 11.3 Å². The Balaban J connectivity index is 1.34. The van der Waals surface area contributed by atoms with E-state index in [0.29, 0.717) is 45.6 Å². The summed E-state index contributed by atoms with van der Waals surface area (Å²) >= 11 is 1.69. The SMILES string of the molecule is O=C(CCOc1ccccc1)N1CCN(C(=O)CCc2cccs2)CC1. The number of nitrogens with zero attached hydrogens (tertiary/aromatic N) is 2. The van der Waals surface area contributed by atoms with Gasteiger partial charge in [-0.05, 0) is 30.0 Å². The van der Waals surface area contributed by atoms with Crippen molar-refractivity contribution >= 4 is 23.2 Å². The summed E-state index contributed by atoms with van der Waals surface area (Å²) in [6, 6.07) is 13.6. The number of thiophene rings is 1. The molecule has 26 heavy (non-hydrogen) atoms. The van der Waals surface area contributed by atoms with E-state index in [9.17, 15) is 9.59 Å². The Morgan fingerprint density at radius 1 is 0.885 bits per heavy atom. The van der Waals surface area contributed by atoms with E-state index in [2.05, 4.69) is 6.07 Å². The van der Waals surface area contributed by atoms with E-state index in [-0.39, 0.29) is 11.8 Å². The van der Waals surface area contributed by atoms with E-state index in [0.717, 1.165) is 12.2 Å². The summed E-state index contributed by atoms with van der Waals surface area (Å²) in [6.07, 6.45) is 1.70. The van der Waals surface area contributed by atoms with Crippen molar-refractivity contribution in [3.63, 3.8) is 0 Å². The maximum Gasteiger partial charge on any atom is 0.226 e. The average Bonchev–Trinajstić information content (AvgIpc) is 3.20. The van der Waals surface area contributed by atoms with Crippen LogP contribution in [0.2, 0.25) is 0 Å². The monoisotopic (exact) mass is 372 g/mol. The van der Waals surface area contributed by atoms with Crippen LogP contribution in [0.4, 0.5) is 0 Å². The summed E-state index contributed by atoms with van der Waals surface area (Å²) in [5, 5.41) is 2.03. The summed E-state index contributed by atoms with van der Waals surface area (Å²) in [4.78, 5) is 29.5. The fraction of sp³-hybridized carbons (Fsp3) is 0.400. The van der Waals surface area contributed by atoms with Gasteiger partial charge in [-0.2, -0.15) is 0 Å². The normalized spacial score (nSPS) is 14.3. The van der Waals surface area contributed by atoms with Crippen LogP contribution in [0.3, 0.4) is 0 Å². The van der Waals surface area contributed by atoms with Crippen LogP contribution in [0.25, 0.3) is 0 Å². The Kier molecular flexibility index (Phi) is 6.66. The predicted octanol–water partition coefficient (Wildman–Crippen LogP) is 2.82. The van der Waals surface area contributed by atoms with Gasteiger partial charge >= 0.3 is 0 Å². The number of carbonyl (C=O) groups is 2. The number of para-hydroxylation sites is 1. The molecule has 2 amide bonds. The van der Waals surface area contributed by atoms with E-state index in [1.807, 2.05) is 51.6 Å². The maximum atomic E-state index is 12.3. The lowest BCUT2D eigenvalue weighted by atomic mass is 10.2. The number of rotatable bonds is 7. The Labute approximate surface area is 158 Å². The molecule has 3 rings (SSSR count). The van der Waals surface area contributed by atoms with Gasteiger partial charge in [0.15, 0.2) is 0 Å². The van der Waals surface area contributed by atoms with Crippen LogP contribution in [0, 0.1) is 0 Å². The predicted molar refractivity (Wildman–Crippen MR) is 102 cm³/mol. The zero-order chi connectivity index (χ0) is 18.2. The maximum absolute atomic E-state index is 12.3. The molecule has 0 radical (unpaired) electrons. The minimum Gasteiger partial charge on any atom is -0.493 e. The molecule has 138 valence electrons. The lowest BCUT2D eigenvalue weighted by molar-refractivity contribution is -0.139. The highest BCUT2D eigenvalue weighted by atomic mass is 32.1. The van der Waals surface area contributed by atoms with Gasteiger partial charge in [-0.15, -0.1) is 11.3 Å². The van der Waals surface area contributed by atoms with Gasteiger partial charge in [0.2, 0.25) is 11.8 Å². The molecule has 0 bridgehead atoms. The molecular formula is C20H24N2O3S. The zero-order valence-corrected chi connectivity index (χ0v) is 15.6. The van der Waals surface area contributed by atoms with Crippen LogP contribution < -0.4 is 4.74 Å². The van der Waals surface area contributed by atoms with E-state index in [4.69, 9.17) is 4.74 Å². The number of hydrogen-bond acceptors (Lipinski definition) is 4. The van der Waals surface area contributed by atoms with Crippen molar-refractivity contribution in [3.8, 4) is 5.75 Å². The number of aryl methyl sites for hydroxylation is 1. The first-order chi connectivity index (χ1) is 12.7. The van der Waals surface area contributed by atoms with Crippen LogP contribution in [0.5, 0.6) is 5.75 Å². The first-order valence-corrected chi connectivity index (χ1v) is 9.86. The van der Waals surface area contributed by atoms with Gasteiger partial charge in [0.1, 0.15) is 5.75 Å². The molecule has 1 aromatic carbocycles. The minimum atomic E-state index is 0.0895. The molecule has 2 heterocycles. The van der Waals surface area contributed by atoms with Crippen molar-refractivity contribution in [2.45, 2.75) is 19.3 Å². The van der Waals surface area contributed by atoms with E-state index in [1.165, 1.54) is 4.88 Å². The van der Waals surface area contributed by atoms with Crippen molar-refractivity contribution in [2.24, 2.45) is 0 Å². The molecule has 6 heteroatoms. The molecule has 0 N–H and O–H groups in total. The summed E-state index contributed by atoms with van der Waals surface area (Å²) in [5.74, 6) is 1.05. The van der Waals surface area contributed by atoms with Crippen LogP contribution in [0.1, 0.15) is 17.7 Å². The molecule has 5 nitrogen and oxygen atoms in total. The number of amides is 2. The quantitative estimate of drug-likeness (QED) is 0.751. The number of hydrogen-bond donors (Lipinski definition) is 0. The van der Waals surface area contributed by atoms with Crippen molar-refractivity contribution in [2.75, 3.05) is 32.8 Å². The van der Waals surface area contributed by atoms with Gasteiger partial charge in [0.25, 0.3) is 0 Å². The number of benzene rings is 1. The van der Waals surface area contributed by atoms with Gasteiger partial charge in [0, 0.05) is 37.5 Å². The largest absolute Gasteiger partial charge is 0.493 e. The molecule has 1 aromatic heterocycles. The highest BCUT2D eigenvalue weighted by Crippen LogP contribution is 2.13. The van der Waals surface area contributed by atoms with Gasteiger partial charge in [0.05, 0.1) is 13.0 Å². The molecule has 1 fully saturated rings. The molecule has 1 aliphatic rings. The summed E-state index contributed by atoms with van der Waals surface area (Å²) in [5.41, 5.74) is 0. The van der Waals surface area contributed by atoms with Gasteiger partial charge in [-0.1, -0.05) is 24.3 Å². The molecule has 1 saturated heterocycles. The van der Waals surface area contributed by atoms with Gasteiger partial charge in [-0.3, -0.25) is 9.59 Å². The van der Waals surface area contributed by atoms with Crippen molar-refractivity contribution in [3.05, 3.63) is 52.7 Å². The number of piperazine rings is 1. The minimum absolute atomic E-state index is 0.0895. The number of carbonyl (C=O) groups excluding carboxylic acids is 2. The standard InChI is InChI=1S/C20H24N2O3S/c23-19(9-8-18-7-4-16-26-18)21-11-13-22(14-12-21)20(24)10-15-25-17-5-2-1-3-6-17/h1-7,16H,8-15H2. The summed E-state index contributed by atoms with van der Waals surface area (Å²) in [6.45, 7) is 2.83. The Bertz CT molecular complexity index is 695. The summed E-state index contributed by atoms with van der Waals surface area (Å²) < 4.78 is 5.58. The van der Waals surface area contributed by atoms with Crippen LogP contribution in [-0.4, -0.2) is 54.4 Å². The molecule has 0 atom stereocenters. The highest BCUT2D eigenvalue weighted by Gasteiger charge is 2.23. The molecule has 0 spiro atoms. The van der Waals surface area contributed by atoms with E-state index < -0.39 is 0 Å². The Hall–Kier alpha value is -2.34. The van der Waals surface area contributed by atoms with Crippen LogP contribution >= 0.6 is 11.3 Å². The molecule has 1 aliphatic heterocycles. The zero-order valence-electron chi connectivity index (χ0n) is 14.8. The third-order valence-electron chi connectivity index (χ3n) is 4.48. The van der Waals surface area contributed by atoms with E-state index >= 15 is 0 Å². The first kappa shape index (κ1) is 18.5. The molecule has 2 aromatic rings.